The quantitative estimate of drug-likeness (QED) is 0.793. The van der Waals surface area contributed by atoms with Crippen molar-refractivity contribution >= 4 is 29.6 Å². The van der Waals surface area contributed by atoms with E-state index >= 15 is 0 Å². The Morgan fingerprint density at radius 3 is 2.62 bits per heavy atom. The summed E-state index contributed by atoms with van der Waals surface area (Å²) in [6, 6.07) is 3.21. The molecule has 2 N–H and O–H groups in total. The molecule has 0 aliphatic heterocycles. The van der Waals surface area contributed by atoms with Gasteiger partial charge in [0, 0.05) is 11.6 Å². The maximum Gasteiger partial charge on any atom is 0.326 e. The molecule has 1 aromatic carbocycles. The highest BCUT2D eigenvalue weighted by molar-refractivity contribution is 6.32. The topological polar surface area (TPSA) is 66.4 Å². The first kappa shape index (κ1) is 17.2. The predicted molar refractivity (Wildman–Crippen MR) is 79.5 cm³/mol. The summed E-state index contributed by atoms with van der Waals surface area (Å²) in [5.74, 6) is -2.14. The van der Waals surface area contributed by atoms with Crippen molar-refractivity contribution < 1.29 is 19.1 Å². The average Bonchev–Trinajstić information content (AvgIpc) is 2.36. The minimum atomic E-state index is -1.10. The molecule has 1 aromatic rings. The zero-order valence-corrected chi connectivity index (χ0v) is 12.5. The molecule has 6 heteroatoms. The summed E-state index contributed by atoms with van der Waals surface area (Å²) in [7, 11) is 0. The van der Waals surface area contributed by atoms with E-state index in [4.69, 9.17) is 16.7 Å². The van der Waals surface area contributed by atoms with Gasteiger partial charge in [0.15, 0.2) is 0 Å². The maximum absolute atomic E-state index is 13.5. The van der Waals surface area contributed by atoms with Gasteiger partial charge >= 0.3 is 5.97 Å². The van der Waals surface area contributed by atoms with Crippen LogP contribution in [0.15, 0.2) is 24.3 Å². The minimum Gasteiger partial charge on any atom is -0.480 e. The Morgan fingerprint density at radius 1 is 1.43 bits per heavy atom. The summed E-state index contributed by atoms with van der Waals surface area (Å²) < 4.78 is 13.5. The lowest BCUT2D eigenvalue weighted by atomic mass is 10.0. The highest BCUT2D eigenvalue weighted by Gasteiger charge is 2.20. The van der Waals surface area contributed by atoms with E-state index in [1.54, 1.807) is 0 Å². The van der Waals surface area contributed by atoms with Gasteiger partial charge in [-0.25, -0.2) is 9.18 Å². The fraction of sp³-hybridized carbons (Fsp3) is 0.333. The lowest BCUT2D eigenvalue weighted by Gasteiger charge is -2.15. The number of rotatable bonds is 6. The fourth-order valence-corrected chi connectivity index (χ4v) is 1.97. The number of benzene rings is 1. The number of carbonyl (C=O) groups is 2. The minimum absolute atomic E-state index is 0.0880. The van der Waals surface area contributed by atoms with Crippen molar-refractivity contribution in [1.82, 2.24) is 5.32 Å². The summed E-state index contributed by atoms with van der Waals surface area (Å²) >= 11 is 5.82. The summed E-state index contributed by atoms with van der Waals surface area (Å²) in [4.78, 5) is 22.7. The van der Waals surface area contributed by atoms with Gasteiger partial charge in [0.25, 0.3) is 0 Å². The van der Waals surface area contributed by atoms with E-state index in [1.165, 1.54) is 24.3 Å². The molecule has 0 aliphatic carbocycles. The molecule has 0 saturated carbocycles. The van der Waals surface area contributed by atoms with Crippen LogP contribution < -0.4 is 5.32 Å². The van der Waals surface area contributed by atoms with Crippen molar-refractivity contribution in [2.75, 3.05) is 0 Å². The molecule has 0 heterocycles. The second-order valence-electron chi connectivity index (χ2n) is 5.00. The van der Waals surface area contributed by atoms with Crippen molar-refractivity contribution in [3.05, 3.63) is 40.7 Å². The van der Waals surface area contributed by atoms with Crippen LogP contribution in [0.4, 0.5) is 4.39 Å². The van der Waals surface area contributed by atoms with Crippen LogP contribution >= 0.6 is 11.6 Å². The Balaban J connectivity index is 2.76. The summed E-state index contributed by atoms with van der Waals surface area (Å²) in [5, 5.41) is 11.6. The van der Waals surface area contributed by atoms with Crippen LogP contribution in [-0.4, -0.2) is 23.0 Å². The first-order valence-corrected chi connectivity index (χ1v) is 6.84. The number of carbonyl (C=O) groups excluding carboxylic acids is 1. The molecule has 0 unspecified atom stereocenters. The van der Waals surface area contributed by atoms with Crippen LogP contribution in [0.5, 0.6) is 0 Å². The maximum atomic E-state index is 13.5. The Labute approximate surface area is 127 Å². The molecule has 1 rings (SSSR count). The number of hydrogen-bond donors (Lipinski definition) is 2. The van der Waals surface area contributed by atoms with Crippen molar-refractivity contribution in [1.29, 1.82) is 0 Å². The smallest absolute Gasteiger partial charge is 0.326 e. The van der Waals surface area contributed by atoms with E-state index in [0.717, 1.165) is 6.08 Å². The molecular weight excluding hydrogens is 297 g/mol. The Bertz CT molecular complexity index is 538. The standard InChI is InChI=1S/C15H17ClFNO3/c1-9(2)8-13(15(20)21)18-14(19)7-6-10-11(16)4-3-5-12(10)17/h3-7,9,13H,8H2,1-2H3,(H,18,19)(H,20,21)/t13-/m1/s1. The molecule has 1 amide bonds. The molecule has 0 bridgehead atoms. The Hall–Kier alpha value is -1.88. The van der Waals surface area contributed by atoms with E-state index in [1.807, 2.05) is 13.8 Å². The van der Waals surface area contributed by atoms with Crippen LogP contribution in [0.1, 0.15) is 25.8 Å². The van der Waals surface area contributed by atoms with E-state index in [0.29, 0.717) is 6.42 Å². The van der Waals surface area contributed by atoms with Gasteiger partial charge in [-0.1, -0.05) is 31.5 Å². The molecule has 0 aliphatic rings. The third kappa shape index (κ3) is 5.55. The predicted octanol–water partition coefficient (Wildman–Crippen LogP) is 3.11. The molecular formula is C15H17ClFNO3. The highest BCUT2D eigenvalue weighted by atomic mass is 35.5. The number of hydrogen-bond acceptors (Lipinski definition) is 2. The Kier molecular flexibility index (Phi) is 6.37. The van der Waals surface area contributed by atoms with Crippen LogP contribution in [0.2, 0.25) is 5.02 Å². The molecule has 0 fully saturated rings. The lowest BCUT2D eigenvalue weighted by molar-refractivity contribution is -0.141. The molecule has 21 heavy (non-hydrogen) atoms. The van der Waals surface area contributed by atoms with Gasteiger partial charge in [0.1, 0.15) is 11.9 Å². The zero-order valence-electron chi connectivity index (χ0n) is 11.8. The molecule has 0 aromatic heterocycles. The molecule has 114 valence electrons. The lowest BCUT2D eigenvalue weighted by Crippen LogP contribution is -2.40. The van der Waals surface area contributed by atoms with Crippen LogP contribution in [0.25, 0.3) is 6.08 Å². The molecule has 0 radical (unpaired) electrons. The first-order chi connectivity index (χ1) is 9.81. The number of carboxylic acids is 1. The molecule has 0 spiro atoms. The summed E-state index contributed by atoms with van der Waals surface area (Å²) in [6.07, 6.45) is 2.61. The van der Waals surface area contributed by atoms with Gasteiger partial charge in [-0.15, -0.1) is 0 Å². The fourth-order valence-electron chi connectivity index (χ4n) is 1.74. The molecule has 1 atom stereocenters. The van der Waals surface area contributed by atoms with Gasteiger partial charge in [0.2, 0.25) is 5.91 Å². The van der Waals surface area contributed by atoms with Crippen molar-refractivity contribution in [3.8, 4) is 0 Å². The van der Waals surface area contributed by atoms with Crippen LogP contribution in [0.3, 0.4) is 0 Å². The normalized spacial score (nSPS) is 12.6. The van der Waals surface area contributed by atoms with Gasteiger partial charge in [-0.2, -0.15) is 0 Å². The zero-order chi connectivity index (χ0) is 16.0. The number of nitrogens with one attached hydrogen (secondary N) is 1. The first-order valence-electron chi connectivity index (χ1n) is 6.46. The Morgan fingerprint density at radius 2 is 2.10 bits per heavy atom. The number of aliphatic carboxylic acids is 1. The van der Waals surface area contributed by atoms with Crippen molar-refractivity contribution in [2.24, 2.45) is 5.92 Å². The number of halogens is 2. The summed E-state index contributed by atoms with van der Waals surface area (Å²) in [6.45, 7) is 3.72. The molecule has 4 nitrogen and oxygen atoms in total. The van der Waals surface area contributed by atoms with Gasteiger partial charge in [0.05, 0.1) is 5.02 Å². The second-order valence-corrected chi connectivity index (χ2v) is 5.40. The van der Waals surface area contributed by atoms with E-state index in [9.17, 15) is 14.0 Å². The second kappa shape index (κ2) is 7.78. The van der Waals surface area contributed by atoms with Gasteiger partial charge in [-0.05, 0) is 30.5 Å². The third-order valence-corrected chi connectivity index (χ3v) is 3.05. The monoisotopic (exact) mass is 313 g/mol. The van der Waals surface area contributed by atoms with E-state index in [-0.39, 0.29) is 16.5 Å². The number of amides is 1. The van der Waals surface area contributed by atoms with Crippen molar-refractivity contribution in [2.45, 2.75) is 26.3 Å². The highest BCUT2D eigenvalue weighted by Crippen LogP contribution is 2.20. The molecule has 0 saturated heterocycles. The van der Waals surface area contributed by atoms with Crippen LogP contribution in [-0.2, 0) is 9.59 Å². The van der Waals surface area contributed by atoms with E-state index < -0.39 is 23.7 Å². The van der Waals surface area contributed by atoms with Gasteiger partial charge in [-0.3, -0.25) is 4.79 Å². The number of carboxylic acid groups (broad SMARTS) is 1. The third-order valence-electron chi connectivity index (χ3n) is 2.72. The summed E-state index contributed by atoms with van der Waals surface area (Å²) in [5.41, 5.74) is 0.0880. The van der Waals surface area contributed by atoms with Gasteiger partial charge < -0.3 is 10.4 Å². The van der Waals surface area contributed by atoms with Crippen LogP contribution in [0, 0.1) is 11.7 Å². The SMILES string of the molecule is CC(C)C[C@@H](NC(=O)C=Cc1c(F)cccc1Cl)C(=O)O. The largest absolute Gasteiger partial charge is 0.480 e. The van der Waals surface area contributed by atoms with Crippen molar-refractivity contribution in [3.63, 3.8) is 0 Å². The average molecular weight is 314 g/mol. The van der Waals surface area contributed by atoms with E-state index in [2.05, 4.69) is 5.32 Å².